The smallest absolute Gasteiger partial charge is 0.248 e. The molecule has 0 saturated carbocycles. The number of hydrogen-bond donors (Lipinski definition) is 1. The highest BCUT2D eigenvalue weighted by Crippen LogP contribution is 2.26. The quantitative estimate of drug-likeness (QED) is 0.634. The molecule has 30 heavy (non-hydrogen) atoms. The molecule has 1 aromatic carbocycles. The van der Waals surface area contributed by atoms with Crippen molar-refractivity contribution in [1.29, 1.82) is 0 Å². The second-order valence-corrected chi connectivity index (χ2v) is 8.17. The molecule has 3 heterocycles. The number of aromatic nitrogens is 2. The van der Waals surface area contributed by atoms with Crippen molar-refractivity contribution in [2.24, 2.45) is 0 Å². The number of rotatable bonds is 6. The van der Waals surface area contributed by atoms with Crippen LogP contribution < -0.4 is 10.2 Å². The van der Waals surface area contributed by atoms with Gasteiger partial charge < -0.3 is 19.4 Å². The average molecular weight is 431 g/mol. The largest absolute Gasteiger partial charge is 0.421 e. The van der Waals surface area contributed by atoms with Crippen LogP contribution in [-0.4, -0.2) is 41.4 Å². The molecule has 2 unspecified atom stereocenters. The Hall–Kier alpha value is -2.78. The molecule has 1 aliphatic heterocycles. The average Bonchev–Trinajstić information content (AvgIpc) is 3.37. The van der Waals surface area contributed by atoms with Gasteiger partial charge in [0.05, 0.1) is 17.9 Å². The van der Waals surface area contributed by atoms with E-state index >= 15 is 0 Å². The van der Waals surface area contributed by atoms with Gasteiger partial charge in [0.25, 0.3) is 0 Å². The van der Waals surface area contributed by atoms with Gasteiger partial charge in [-0.05, 0) is 43.5 Å². The lowest BCUT2D eigenvalue weighted by atomic mass is 10.1. The van der Waals surface area contributed by atoms with E-state index in [0.29, 0.717) is 42.7 Å². The maximum atomic E-state index is 14.7. The number of amides is 1. The van der Waals surface area contributed by atoms with Crippen LogP contribution in [-0.2, 0) is 16.0 Å². The zero-order valence-electron chi connectivity index (χ0n) is 16.8. The van der Waals surface area contributed by atoms with E-state index in [2.05, 4.69) is 15.5 Å². The fourth-order valence-corrected chi connectivity index (χ4v) is 4.15. The SMILES string of the molecule is CC1CN(c2ccc(NC(=O)CCc3nnc(-c4ccsc4)o3)cc2F)CC(C)O1. The lowest BCUT2D eigenvalue weighted by Crippen LogP contribution is -2.45. The summed E-state index contributed by atoms with van der Waals surface area (Å²) >= 11 is 1.54. The summed E-state index contributed by atoms with van der Waals surface area (Å²) in [4.78, 5) is 14.2. The number of carbonyl (C=O) groups excluding carboxylic acids is 1. The first-order valence-electron chi connectivity index (χ1n) is 9.82. The molecular formula is C21H23FN4O3S. The fraction of sp³-hybridized carbons (Fsp3) is 0.381. The van der Waals surface area contributed by atoms with E-state index in [0.717, 1.165) is 5.56 Å². The highest BCUT2D eigenvalue weighted by Gasteiger charge is 2.24. The number of morpholine rings is 1. The van der Waals surface area contributed by atoms with Gasteiger partial charge in [-0.15, -0.1) is 10.2 Å². The number of ether oxygens (including phenoxy) is 1. The zero-order chi connectivity index (χ0) is 21.1. The molecule has 4 rings (SSSR count). The number of nitrogens with zero attached hydrogens (tertiary/aromatic N) is 3. The minimum absolute atomic E-state index is 0.0393. The Balaban J connectivity index is 1.33. The lowest BCUT2D eigenvalue weighted by Gasteiger charge is -2.37. The summed E-state index contributed by atoms with van der Waals surface area (Å²) in [5.41, 5.74) is 1.80. The Bertz CT molecular complexity index is 998. The monoisotopic (exact) mass is 430 g/mol. The molecule has 1 amide bonds. The fourth-order valence-electron chi connectivity index (χ4n) is 3.52. The molecule has 3 aromatic rings. The second-order valence-electron chi connectivity index (χ2n) is 7.39. The van der Waals surface area contributed by atoms with E-state index in [1.165, 1.54) is 6.07 Å². The predicted octanol–water partition coefficient (Wildman–Crippen LogP) is 4.12. The maximum Gasteiger partial charge on any atom is 0.248 e. The summed E-state index contributed by atoms with van der Waals surface area (Å²) in [6.07, 6.45) is 0.551. The summed E-state index contributed by atoms with van der Waals surface area (Å²) < 4.78 is 25.9. The van der Waals surface area contributed by atoms with E-state index in [-0.39, 0.29) is 30.4 Å². The standard InChI is InChI=1S/C21H23FN4O3S/c1-13-10-26(11-14(2)28-13)18-4-3-16(9-17(18)22)23-19(27)5-6-20-24-25-21(29-20)15-7-8-30-12-15/h3-4,7-9,12-14H,5-6,10-11H2,1-2H3,(H,23,27). The van der Waals surface area contributed by atoms with Gasteiger partial charge >= 0.3 is 0 Å². The molecule has 1 fully saturated rings. The number of carbonyl (C=O) groups is 1. The van der Waals surface area contributed by atoms with E-state index in [4.69, 9.17) is 9.15 Å². The number of benzene rings is 1. The number of halogens is 1. The Kier molecular flexibility index (Phi) is 6.10. The first-order valence-corrected chi connectivity index (χ1v) is 10.8. The van der Waals surface area contributed by atoms with Gasteiger partial charge in [0.2, 0.25) is 17.7 Å². The van der Waals surface area contributed by atoms with Crippen molar-refractivity contribution in [3.8, 4) is 11.5 Å². The summed E-state index contributed by atoms with van der Waals surface area (Å²) in [7, 11) is 0. The number of aryl methyl sites for hydroxylation is 1. The van der Waals surface area contributed by atoms with E-state index in [1.807, 2.05) is 35.6 Å². The van der Waals surface area contributed by atoms with Crippen molar-refractivity contribution >= 4 is 28.6 Å². The normalized spacial score (nSPS) is 19.1. The Morgan fingerprint density at radius 2 is 2.07 bits per heavy atom. The molecule has 0 aliphatic carbocycles. The minimum Gasteiger partial charge on any atom is -0.421 e. The Morgan fingerprint density at radius 3 is 2.77 bits per heavy atom. The molecule has 2 atom stereocenters. The Labute approximate surface area is 177 Å². The van der Waals surface area contributed by atoms with Gasteiger partial charge in [0.15, 0.2) is 0 Å². The third-order valence-corrected chi connectivity index (χ3v) is 5.48. The predicted molar refractivity (Wildman–Crippen MR) is 113 cm³/mol. The topological polar surface area (TPSA) is 80.5 Å². The maximum absolute atomic E-state index is 14.7. The molecular weight excluding hydrogens is 407 g/mol. The van der Waals surface area contributed by atoms with E-state index in [9.17, 15) is 9.18 Å². The number of nitrogens with one attached hydrogen (secondary N) is 1. The van der Waals surface area contributed by atoms with Crippen molar-refractivity contribution in [3.63, 3.8) is 0 Å². The van der Waals surface area contributed by atoms with Crippen molar-refractivity contribution in [3.05, 3.63) is 46.7 Å². The van der Waals surface area contributed by atoms with Crippen LogP contribution in [0, 0.1) is 5.82 Å². The third-order valence-electron chi connectivity index (χ3n) is 4.79. The van der Waals surface area contributed by atoms with Crippen LogP contribution in [0.4, 0.5) is 15.8 Å². The molecule has 0 radical (unpaired) electrons. The van der Waals surface area contributed by atoms with Crippen molar-refractivity contribution in [2.45, 2.75) is 38.9 Å². The Morgan fingerprint density at radius 1 is 1.27 bits per heavy atom. The van der Waals surface area contributed by atoms with Crippen LogP contribution in [0.15, 0.2) is 39.4 Å². The molecule has 9 heteroatoms. The van der Waals surface area contributed by atoms with E-state index in [1.54, 1.807) is 23.5 Å². The number of hydrogen-bond acceptors (Lipinski definition) is 7. The summed E-state index contributed by atoms with van der Waals surface area (Å²) in [6.45, 7) is 5.21. The van der Waals surface area contributed by atoms with Gasteiger partial charge in [0, 0.05) is 42.6 Å². The second kappa shape index (κ2) is 8.93. The molecule has 0 bridgehead atoms. The molecule has 1 aliphatic rings. The number of anilines is 2. The van der Waals surface area contributed by atoms with Crippen LogP contribution >= 0.6 is 11.3 Å². The third kappa shape index (κ3) is 4.85. The van der Waals surface area contributed by atoms with Crippen LogP contribution in [0.5, 0.6) is 0 Å². The van der Waals surface area contributed by atoms with Crippen molar-refractivity contribution < 1.29 is 18.3 Å². The lowest BCUT2D eigenvalue weighted by molar-refractivity contribution is -0.116. The molecule has 0 spiro atoms. The first kappa shape index (κ1) is 20.5. The van der Waals surface area contributed by atoms with E-state index < -0.39 is 0 Å². The molecule has 2 aromatic heterocycles. The zero-order valence-corrected chi connectivity index (χ0v) is 17.6. The number of thiophene rings is 1. The van der Waals surface area contributed by atoms with Crippen molar-refractivity contribution in [1.82, 2.24) is 10.2 Å². The summed E-state index contributed by atoms with van der Waals surface area (Å²) in [5, 5.41) is 14.5. The van der Waals surface area contributed by atoms with Crippen LogP contribution in [0.2, 0.25) is 0 Å². The molecule has 7 nitrogen and oxygen atoms in total. The van der Waals surface area contributed by atoms with Gasteiger partial charge in [-0.3, -0.25) is 4.79 Å². The van der Waals surface area contributed by atoms with Crippen molar-refractivity contribution in [2.75, 3.05) is 23.3 Å². The minimum atomic E-state index is -0.369. The molecule has 158 valence electrons. The van der Waals surface area contributed by atoms with Gasteiger partial charge in [-0.2, -0.15) is 11.3 Å². The first-order chi connectivity index (χ1) is 14.5. The molecule has 1 N–H and O–H groups in total. The van der Waals surface area contributed by atoms with Crippen LogP contribution in [0.3, 0.4) is 0 Å². The highest BCUT2D eigenvalue weighted by atomic mass is 32.1. The van der Waals surface area contributed by atoms with Gasteiger partial charge in [-0.1, -0.05) is 0 Å². The van der Waals surface area contributed by atoms with Crippen LogP contribution in [0.25, 0.3) is 11.5 Å². The van der Waals surface area contributed by atoms with Gasteiger partial charge in [0.1, 0.15) is 5.82 Å². The summed E-state index contributed by atoms with van der Waals surface area (Å²) in [6, 6.07) is 6.65. The molecule has 1 saturated heterocycles. The summed E-state index contributed by atoms with van der Waals surface area (Å²) in [5.74, 6) is 0.219. The highest BCUT2D eigenvalue weighted by molar-refractivity contribution is 7.08. The van der Waals surface area contributed by atoms with Gasteiger partial charge in [-0.25, -0.2) is 4.39 Å². The van der Waals surface area contributed by atoms with Crippen LogP contribution in [0.1, 0.15) is 26.2 Å².